The van der Waals surface area contributed by atoms with Crippen LogP contribution in [0.5, 0.6) is 5.75 Å². The van der Waals surface area contributed by atoms with E-state index in [1.165, 1.54) is 11.7 Å². The zero-order valence-electron chi connectivity index (χ0n) is 15.0. The van der Waals surface area contributed by atoms with Crippen molar-refractivity contribution in [2.75, 3.05) is 7.11 Å². The predicted octanol–water partition coefficient (Wildman–Crippen LogP) is 2.61. The molecule has 0 unspecified atom stereocenters. The molecular weight excluding hydrogens is 332 g/mol. The predicted molar refractivity (Wildman–Crippen MR) is 99.3 cm³/mol. The average molecular weight is 352 g/mol. The van der Waals surface area contributed by atoms with E-state index >= 15 is 0 Å². The lowest BCUT2D eigenvalue weighted by atomic mass is 10.1. The van der Waals surface area contributed by atoms with Gasteiger partial charge in [-0.25, -0.2) is 0 Å². The van der Waals surface area contributed by atoms with E-state index in [1.807, 2.05) is 19.1 Å². The van der Waals surface area contributed by atoms with Gasteiger partial charge < -0.3 is 13.9 Å². The van der Waals surface area contributed by atoms with Crippen LogP contribution in [0.25, 0.3) is 10.9 Å². The molecule has 0 amide bonds. The first-order valence-corrected chi connectivity index (χ1v) is 8.36. The van der Waals surface area contributed by atoms with Gasteiger partial charge in [-0.05, 0) is 12.5 Å². The number of fused-ring (bicyclic) bond motifs is 1. The molecule has 2 aromatic heterocycles. The lowest BCUT2D eigenvalue weighted by Gasteiger charge is -2.12. The summed E-state index contributed by atoms with van der Waals surface area (Å²) in [7, 11) is 3.14. The third kappa shape index (κ3) is 2.73. The van der Waals surface area contributed by atoms with Gasteiger partial charge in [0.25, 0.3) is 5.56 Å². The standard InChI is InChI=1S/C20H20N2O4/c1-4-14-10-15-18(19(26-3)16(12-23)21(15)2)20(25)22(14)11-17(24)13-8-6-5-7-9-13/h5-10,12H,4,11H2,1-3H3. The van der Waals surface area contributed by atoms with Gasteiger partial charge in [0, 0.05) is 18.3 Å². The van der Waals surface area contributed by atoms with E-state index < -0.39 is 0 Å². The molecule has 3 rings (SSSR count). The highest BCUT2D eigenvalue weighted by Crippen LogP contribution is 2.29. The number of pyridine rings is 1. The number of carbonyl (C=O) groups excluding carboxylic acids is 2. The molecule has 0 bridgehead atoms. The number of benzene rings is 1. The molecule has 0 aliphatic rings. The maximum atomic E-state index is 13.1. The topological polar surface area (TPSA) is 70.3 Å². The quantitative estimate of drug-likeness (QED) is 0.505. The fourth-order valence-corrected chi connectivity index (χ4v) is 3.24. The SMILES string of the molecule is CCc1cc2c(c(OC)c(C=O)n2C)c(=O)n1CC(=O)c1ccccc1. The van der Waals surface area contributed by atoms with Crippen molar-refractivity contribution >= 4 is 23.0 Å². The summed E-state index contributed by atoms with van der Waals surface area (Å²) in [6.45, 7) is 1.86. The molecule has 0 aliphatic heterocycles. The number of aldehydes is 1. The third-order valence-electron chi connectivity index (χ3n) is 4.62. The van der Waals surface area contributed by atoms with Crippen molar-refractivity contribution in [1.29, 1.82) is 0 Å². The van der Waals surface area contributed by atoms with Gasteiger partial charge in [0.2, 0.25) is 0 Å². The molecular formula is C20H20N2O4. The average Bonchev–Trinajstić information content (AvgIpc) is 2.95. The van der Waals surface area contributed by atoms with Crippen LogP contribution in [-0.2, 0) is 20.0 Å². The van der Waals surface area contributed by atoms with Crippen molar-refractivity contribution in [1.82, 2.24) is 9.13 Å². The summed E-state index contributed by atoms with van der Waals surface area (Å²) < 4.78 is 8.43. The molecule has 6 heteroatoms. The number of hydrogen-bond donors (Lipinski definition) is 0. The van der Waals surface area contributed by atoms with Gasteiger partial charge in [-0.2, -0.15) is 0 Å². The highest BCUT2D eigenvalue weighted by molar-refractivity contribution is 5.98. The Morgan fingerprint density at radius 1 is 1.23 bits per heavy atom. The van der Waals surface area contributed by atoms with E-state index in [0.29, 0.717) is 34.9 Å². The molecule has 0 aliphatic carbocycles. The van der Waals surface area contributed by atoms with Gasteiger partial charge in [0.05, 0.1) is 19.2 Å². The number of rotatable bonds is 6. The van der Waals surface area contributed by atoms with Crippen molar-refractivity contribution in [2.45, 2.75) is 19.9 Å². The molecule has 26 heavy (non-hydrogen) atoms. The van der Waals surface area contributed by atoms with Crippen LogP contribution in [0.2, 0.25) is 0 Å². The summed E-state index contributed by atoms with van der Waals surface area (Å²) in [5.41, 5.74) is 1.87. The number of methoxy groups -OCH3 is 1. The minimum absolute atomic E-state index is 0.0591. The fourth-order valence-electron chi connectivity index (χ4n) is 3.24. The second kappa shape index (κ2) is 7.00. The normalized spacial score (nSPS) is 10.9. The lowest BCUT2D eigenvalue weighted by Crippen LogP contribution is -2.27. The maximum Gasteiger partial charge on any atom is 0.264 e. The highest BCUT2D eigenvalue weighted by atomic mass is 16.5. The largest absolute Gasteiger partial charge is 0.494 e. The molecule has 0 radical (unpaired) electrons. The molecule has 6 nitrogen and oxygen atoms in total. The number of carbonyl (C=O) groups is 2. The van der Waals surface area contributed by atoms with Crippen LogP contribution >= 0.6 is 0 Å². The van der Waals surface area contributed by atoms with Gasteiger partial charge in [-0.15, -0.1) is 0 Å². The van der Waals surface area contributed by atoms with E-state index in [4.69, 9.17) is 4.74 Å². The summed E-state index contributed by atoms with van der Waals surface area (Å²) in [5.74, 6) is 0.0957. The number of ether oxygens (including phenoxy) is 1. The summed E-state index contributed by atoms with van der Waals surface area (Å²) in [4.78, 5) is 37.2. The molecule has 134 valence electrons. The van der Waals surface area contributed by atoms with Crippen LogP contribution in [0.15, 0.2) is 41.2 Å². The summed E-state index contributed by atoms with van der Waals surface area (Å²) in [6, 6.07) is 10.7. The number of aromatic nitrogens is 2. The smallest absolute Gasteiger partial charge is 0.264 e. The molecule has 3 aromatic rings. The molecule has 0 saturated carbocycles. The first-order valence-electron chi connectivity index (χ1n) is 8.36. The van der Waals surface area contributed by atoms with Crippen molar-refractivity contribution in [3.8, 4) is 5.75 Å². The summed E-state index contributed by atoms with van der Waals surface area (Å²) >= 11 is 0. The van der Waals surface area contributed by atoms with Crippen LogP contribution in [0.3, 0.4) is 0 Å². The van der Waals surface area contributed by atoms with Crippen LogP contribution in [-0.4, -0.2) is 28.3 Å². The molecule has 0 spiro atoms. The van der Waals surface area contributed by atoms with Crippen molar-refractivity contribution < 1.29 is 14.3 Å². The van der Waals surface area contributed by atoms with E-state index in [1.54, 1.807) is 35.9 Å². The molecule has 1 aromatic carbocycles. The first kappa shape index (κ1) is 17.7. The van der Waals surface area contributed by atoms with E-state index in [-0.39, 0.29) is 23.6 Å². The van der Waals surface area contributed by atoms with Crippen LogP contribution in [0.1, 0.15) is 33.5 Å². The molecule has 0 N–H and O–H groups in total. The monoisotopic (exact) mass is 352 g/mol. The number of hydrogen-bond acceptors (Lipinski definition) is 4. The Morgan fingerprint density at radius 2 is 1.92 bits per heavy atom. The minimum atomic E-state index is -0.329. The van der Waals surface area contributed by atoms with Gasteiger partial charge in [0.1, 0.15) is 11.1 Å². The van der Waals surface area contributed by atoms with E-state index in [2.05, 4.69) is 0 Å². The molecule has 2 heterocycles. The Balaban J connectivity index is 2.22. The van der Waals surface area contributed by atoms with Crippen molar-refractivity contribution in [3.63, 3.8) is 0 Å². The Kier molecular flexibility index (Phi) is 4.75. The maximum absolute atomic E-state index is 13.1. The zero-order chi connectivity index (χ0) is 18.8. The van der Waals surface area contributed by atoms with Gasteiger partial charge >= 0.3 is 0 Å². The summed E-state index contributed by atoms with van der Waals surface area (Å²) in [6.07, 6.45) is 1.25. The number of ketones is 1. The number of Topliss-reactive ketones (excluding diaryl/α,β-unsaturated/α-hetero) is 1. The lowest BCUT2D eigenvalue weighted by molar-refractivity contribution is 0.0969. The van der Waals surface area contributed by atoms with E-state index in [9.17, 15) is 14.4 Å². The molecule has 0 atom stereocenters. The molecule has 0 saturated heterocycles. The molecule has 0 fully saturated rings. The third-order valence-corrected chi connectivity index (χ3v) is 4.62. The Hall–Kier alpha value is -3.15. The zero-order valence-corrected chi connectivity index (χ0v) is 15.0. The Labute approximate surface area is 150 Å². The second-order valence-electron chi connectivity index (χ2n) is 6.03. The van der Waals surface area contributed by atoms with Crippen molar-refractivity contribution in [2.24, 2.45) is 7.05 Å². The van der Waals surface area contributed by atoms with Crippen LogP contribution in [0, 0.1) is 0 Å². The highest BCUT2D eigenvalue weighted by Gasteiger charge is 2.22. The van der Waals surface area contributed by atoms with Crippen LogP contribution < -0.4 is 10.3 Å². The van der Waals surface area contributed by atoms with Gasteiger partial charge in [0.15, 0.2) is 17.8 Å². The van der Waals surface area contributed by atoms with Gasteiger partial charge in [-0.1, -0.05) is 37.3 Å². The Bertz CT molecular complexity index is 1050. The first-order chi connectivity index (χ1) is 12.5. The number of aryl methyl sites for hydroxylation is 2. The van der Waals surface area contributed by atoms with Crippen molar-refractivity contribution in [3.05, 3.63) is 63.7 Å². The second-order valence-corrected chi connectivity index (χ2v) is 6.03. The fraction of sp³-hybridized carbons (Fsp3) is 0.250. The summed E-state index contributed by atoms with van der Waals surface area (Å²) in [5, 5.41) is 0.315. The Morgan fingerprint density at radius 3 is 2.50 bits per heavy atom. The van der Waals surface area contributed by atoms with E-state index in [0.717, 1.165) is 5.69 Å². The van der Waals surface area contributed by atoms with Gasteiger partial charge in [-0.3, -0.25) is 14.4 Å². The van der Waals surface area contributed by atoms with Crippen LogP contribution in [0.4, 0.5) is 0 Å². The number of nitrogens with zero attached hydrogens (tertiary/aromatic N) is 2. The minimum Gasteiger partial charge on any atom is -0.494 e.